The van der Waals surface area contributed by atoms with E-state index in [2.05, 4.69) is 12.2 Å². The molecule has 18 heavy (non-hydrogen) atoms. The summed E-state index contributed by atoms with van der Waals surface area (Å²) in [5.74, 6) is 0.461. The predicted octanol–water partition coefficient (Wildman–Crippen LogP) is 3.04. The van der Waals surface area contributed by atoms with Gasteiger partial charge in [-0.1, -0.05) is 18.6 Å². The van der Waals surface area contributed by atoms with E-state index in [0.29, 0.717) is 12.0 Å². The molecular weight excluding hydrogens is 229 g/mol. The SMILES string of the molecule is CC1NC2CCCC2COC1c1ccc(F)cc1. The molecule has 1 heterocycles. The zero-order valence-corrected chi connectivity index (χ0v) is 10.7. The van der Waals surface area contributed by atoms with Crippen molar-refractivity contribution in [3.63, 3.8) is 0 Å². The van der Waals surface area contributed by atoms with Crippen molar-refractivity contribution >= 4 is 0 Å². The van der Waals surface area contributed by atoms with Crippen LogP contribution in [0.15, 0.2) is 24.3 Å². The van der Waals surface area contributed by atoms with Gasteiger partial charge < -0.3 is 10.1 Å². The minimum Gasteiger partial charge on any atom is -0.372 e. The van der Waals surface area contributed by atoms with Crippen molar-refractivity contribution in [3.05, 3.63) is 35.6 Å². The molecule has 0 radical (unpaired) electrons. The van der Waals surface area contributed by atoms with Crippen LogP contribution in [-0.2, 0) is 4.74 Å². The second-order valence-corrected chi connectivity index (χ2v) is 5.56. The molecule has 4 unspecified atom stereocenters. The van der Waals surface area contributed by atoms with Gasteiger partial charge in [0.05, 0.1) is 12.7 Å². The first-order valence-corrected chi connectivity index (χ1v) is 6.87. The van der Waals surface area contributed by atoms with Gasteiger partial charge in [-0.25, -0.2) is 4.39 Å². The summed E-state index contributed by atoms with van der Waals surface area (Å²) in [6.07, 6.45) is 3.87. The predicted molar refractivity (Wildman–Crippen MR) is 68.8 cm³/mol. The molecule has 2 aliphatic rings. The molecule has 2 fully saturated rings. The van der Waals surface area contributed by atoms with Crippen molar-refractivity contribution in [2.75, 3.05) is 6.61 Å². The molecule has 1 N–H and O–H groups in total. The Morgan fingerprint density at radius 1 is 1.22 bits per heavy atom. The van der Waals surface area contributed by atoms with Crippen LogP contribution >= 0.6 is 0 Å². The van der Waals surface area contributed by atoms with Crippen molar-refractivity contribution < 1.29 is 9.13 Å². The van der Waals surface area contributed by atoms with Crippen LogP contribution in [0.25, 0.3) is 0 Å². The van der Waals surface area contributed by atoms with Crippen LogP contribution in [0, 0.1) is 11.7 Å². The first-order valence-electron chi connectivity index (χ1n) is 6.87. The van der Waals surface area contributed by atoms with E-state index in [-0.39, 0.29) is 18.0 Å². The van der Waals surface area contributed by atoms with Gasteiger partial charge in [-0.05, 0) is 43.4 Å². The number of nitrogens with one attached hydrogen (secondary N) is 1. The molecule has 1 aliphatic carbocycles. The van der Waals surface area contributed by atoms with Crippen LogP contribution in [0.2, 0.25) is 0 Å². The summed E-state index contributed by atoms with van der Waals surface area (Å²) in [5.41, 5.74) is 1.07. The van der Waals surface area contributed by atoms with Crippen molar-refractivity contribution in [1.29, 1.82) is 0 Å². The van der Waals surface area contributed by atoms with E-state index in [1.54, 1.807) is 0 Å². The normalized spacial score (nSPS) is 36.1. The molecule has 0 aromatic heterocycles. The van der Waals surface area contributed by atoms with Gasteiger partial charge in [-0.2, -0.15) is 0 Å². The lowest BCUT2D eigenvalue weighted by Gasteiger charge is -2.24. The molecule has 1 aromatic rings. The molecule has 1 saturated carbocycles. The van der Waals surface area contributed by atoms with E-state index < -0.39 is 0 Å². The molecule has 1 aromatic carbocycles. The van der Waals surface area contributed by atoms with Gasteiger partial charge >= 0.3 is 0 Å². The number of rotatable bonds is 1. The Hall–Kier alpha value is -0.930. The first kappa shape index (κ1) is 12.1. The molecule has 3 rings (SSSR count). The van der Waals surface area contributed by atoms with E-state index >= 15 is 0 Å². The summed E-state index contributed by atoms with van der Waals surface area (Å²) in [6, 6.07) is 7.57. The summed E-state index contributed by atoms with van der Waals surface area (Å²) in [7, 11) is 0. The molecule has 0 bridgehead atoms. The standard InChI is InChI=1S/C15H20FNO/c1-10-15(11-5-7-13(16)8-6-11)18-9-12-3-2-4-14(12)17-10/h5-8,10,12,14-15,17H,2-4,9H2,1H3. The van der Waals surface area contributed by atoms with Crippen molar-refractivity contribution in [3.8, 4) is 0 Å². The lowest BCUT2D eigenvalue weighted by atomic mass is 10.0. The molecule has 1 saturated heterocycles. The second kappa shape index (κ2) is 4.98. The van der Waals surface area contributed by atoms with E-state index in [1.165, 1.54) is 31.4 Å². The number of hydrogen-bond donors (Lipinski definition) is 1. The van der Waals surface area contributed by atoms with Crippen LogP contribution in [0.1, 0.15) is 37.9 Å². The third kappa shape index (κ3) is 2.29. The minimum absolute atomic E-state index is 0.0381. The van der Waals surface area contributed by atoms with Crippen LogP contribution in [0.4, 0.5) is 4.39 Å². The molecule has 0 amide bonds. The van der Waals surface area contributed by atoms with Crippen LogP contribution < -0.4 is 5.32 Å². The first-order chi connectivity index (χ1) is 8.74. The van der Waals surface area contributed by atoms with Gasteiger partial charge in [0.1, 0.15) is 5.82 Å². The fourth-order valence-electron chi connectivity index (χ4n) is 3.29. The number of ether oxygens (including phenoxy) is 1. The molecule has 4 atom stereocenters. The number of fused-ring (bicyclic) bond motifs is 1. The van der Waals surface area contributed by atoms with Crippen LogP contribution in [0.3, 0.4) is 0 Å². The summed E-state index contributed by atoms with van der Waals surface area (Å²) >= 11 is 0. The lowest BCUT2D eigenvalue weighted by Crippen LogP contribution is -2.39. The fraction of sp³-hybridized carbons (Fsp3) is 0.600. The molecule has 98 valence electrons. The quantitative estimate of drug-likeness (QED) is 0.826. The zero-order chi connectivity index (χ0) is 12.5. The smallest absolute Gasteiger partial charge is 0.123 e. The molecule has 0 spiro atoms. The Kier molecular flexibility index (Phi) is 3.35. The van der Waals surface area contributed by atoms with Crippen molar-refractivity contribution in [1.82, 2.24) is 5.32 Å². The molecular formula is C15H20FNO. The maximum Gasteiger partial charge on any atom is 0.123 e. The highest BCUT2D eigenvalue weighted by molar-refractivity contribution is 5.20. The average molecular weight is 249 g/mol. The molecule has 1 aliphatic heterocycles. The highest BCUT2D eigenvalue weighted by Crippen LogP contribution is 2.33. The van der Waals surface area contributed by atoms with Gasteiger partial charge in [0.15, 0.2) is 0 Å². The van der Waals surface area contributed by atoms with Crippen LogP contribution in [-0.4, -0.2) is 18.7 Å². The fourth-order valence-corrected chi connectivity index (χ4v) is 3.29. The second-order valence-electron chi connectivity index (χ2n) is 5.56. The van der Waals surface area contributed by atoms with Gasteiger partial charge in [-0.3, -0.25) is 0 Å². The molecule has 3 heteroatoms. The van der Waals surface area contributed by atoms with Crippen molar-refractivity contribution in [2.45, 2.75) is 44.4 Å². The Bertz CT molecular complexity index is 405. The maximum absolute atomic E-state index is 13.0. The topological polar surface area (TPSA) is 21.3 Å². The maximum atomic E-state index is 13.0. The third-order valence-corrected chi connectivity index (χ3v) is 4.28. The highest BCUT2D eigenvalue weighted by Gasteiger charge is 2.35. The van der Waals surface area contributed by atoms with E-state index in [4.69, 9.17) is 4.74 Å². The Balaban J connectivity index is 1.78. The Morgan fingerprint density at radius 3 is 2.78 bits per heavy atom. The summed E-state index contributed by atoms with van der Waals surface area (Å²) < 4.78 is 19.0. The largest absolute Gasteiger partial charge is 0.372 e. The molecule has 2 nitrogen and oxygen atoms in total. The van der Waals surface area contributed by atoms with Gasteiger partial charge in [0, 0.05) is 12.1 Å². The van der Waals surface area contributed by atoms with Crippen LogP contribution in [0.5, 0.6) is 0 Å². The van der Waals surface area contributed by atoms with Gasteiger partial charge in [0.25, 0.3) is 0 Å². The zero-order valence-electron chi connectivity index (χ0n) is 10.7. The summed E-state index contributed by atoms with van der Waals surface area (Å²) in [6.45, 7) is 2.98. The van der Waals surface area contributed by atoms with E-state index in [1.807, 2.05) is 12.1 Å². The summed E-state index contributed by atoms with van der Waals surface area (Å²) in [5, 5.41) is 3.69. The highest BCUT2D eigenvalue weighted by atomic mass is 19.1. The van der Waals surface area contributed by atoms with E-state index in [9.17, 15) is 4.39 Å². The minimum atomic E-state index is -0.190. The monoisotopic (exact) mass is 249 g/mol. The number of halogens is 1. The lowest BCUT2D eigenvalue weighted by molar-refractivity contribution is 0.0306. The summed E-state index contributed by atoms with van der Waals surface area (Å²) in [4.78, 5) is 0. The Morgan fingerprint density at radius 2 is 2.00 bits per heavy atom. The number of hydrogen-bond acceptors (Lipinski definition) is 2. The van der Waals surface area contributed by atoms with Gasteiger partial charge in [0.2, 0.25) is 0 Å². The van der Waals surface area contributed by atoms with Crippen molar-refractivity contribution in [2.24, 2.45) is 5.92 Å². The third-order valence-electron chi connectivity index (χ3n) is 4.28. The number of benzene rings is 1. The van der Waals surface area contributed by atoms with E-state index in [0.717, 1.165) is 12.2 Å². The average Bonchev–Trinajstić information content (AvgIpc) is 2.73. The van der Waals surface area contributed by atoms with Gasteiger partial charge in [-0.15, -0.1) is 0 Å². The Labute approximate surface area is 108 Å².